The SMILES string of the molecule is O=C(Cc1cccc2ccccc12)OC1(O)CCCC1. The lowest BCUT2D eigenvalue weighted by Crippen LogP contribution is -2.32. The summed E-state index contributed by atoms with van der Waals surface area (Å²) in [6.45, 7) is 0. The quantitative estimate of drug-likeness (QED) is 0.688. The third kappa shape index (κ3) is 2.68. The fourth-order valence-corrected chi connectivity index (χ4v) is 2.88. The van der Waals surface area contributed by atoms with Crippen LogP contribution in [0.4, 0.5) is 0 Å². The summed E-state index contributed by atoms with van der Waals surface area (Å²) in [6.07, 6.45) is 3.13. The molecule has 1 aliphatic rings. The van der Waals surface area contributed by atoms with Gasteiger partial charge in [-0.15, -0.1) is 0 Å². The number of fused-ring (bicyclic) bond motifs is 1. The predicted octanol–water partition coefficient (Wildman–Crippen LogP) is 3.19. The summed E-state index contributed by atoms with van der Waals surface area (Å²) in [5.41, 5.74) is 0.940. The molecule has 1 N–H and O–H groups in total. The van der Waals surface area contributed by atoms with Gasteiger partial charge in [-0.25, -0.2) is 0 Å². The molecule has 0 spiro atoms. The molecule has 0 heterocycles. The van der Waals surface area contributed by atoms with Gasteiger partial charge in [0.1, 0.15) is 0 Å². The van der Waals surface area contributed by atoms with Gasteiger partial charge in [0, 0.05) is 12.8 Å². The van der Waals surface area contributed by atoms with Crippen LogP contribution in [0.2, 0.25) is 0 Å². The fourth-order valence-electron chi connectivity index (χ4n) is 2.88. The van der Waals surface area contributed by atoms with Gasteiger partial charge in [0.05, 0.1) is 6.42 Å². The summed E-state index contributed by atoms with van der Waals surface area (Å²) < 4.78 is 5.27. The molecule has 0 aliphatic heterocycles. The molecule has 3 nitrogen and oxygen atoms in total. The third-order valence-electron chi connectivity index (χ3n) is 3.90. The van der Waals surface area contributed by atoms with Gasteiger partial charge in [0.25, 0.3) is 0 Å². The molecule has 0 amide bonds. The molecule has 3 heteroatoms. The third-order valence-corrected chi connectivity index (χ3v) is 3.90. The minimum Gasteiger partial charge on any atom is -0.433 e. The van der Waals surface area contributed by atoms with Crippen molar-refractivity contribution in [2.24, 2.45) is 0 Å². The van der Waals surface area contributed by atoms with E-state index >= 15 is 0 Å². The van der Waals surface area contributed by atoms with E-state index in [0.29, 0.717) is 12.8 Å². The fraction of sp³-hybridized carbons (Fsp3) is 0.353. The number of carbonyl (C=O) groups is 1. The van der Waals surface area contributed by atoms with E-state index in [4.69, 9.17) is 4.74 Å². The number of esters is 1. The van der Waals surface area contributed by atoms with Crippen molar-refractivity contribution in [2.45, 2.75) is 37.9 Å². The van der Waals surface area contributed by atoms with Gasteiger partial charge in [-0.1, -0.05) is 42.5 Å². The summed E-state index contributed by atoms with van der Waals surface area (Å²) >= 11 is 0. The van der Waals surface area contributed by atoms with Gasteiger partial charge in [0.15, 0.2) is 0 Å². The highest BCUT2D eigenvalue weighted by Crippen LogP contribution is 2.31. The van der Waals surface area contributed by atoms with Crippen molar-refractivity contribution in [3.05, 3.63) is 48.0 Å². The number of carbonyl (C=O) groups excluding carboxylic acids is 1. The second kappa shape index (κ2) is 5.25. The topological polar surface area (TPSA) is 46.5 Å². The van der Waals surface area contributed by atoms with Crippen LogP contribution in [-0.2, 0) is 16.0 Å². The van der Waals surface area contributed by atoms with Crippen LogP contribution in [0, 0.1) is 0 Å². The van der Waals surface area contributed by atoms with E-state index in [-0.39, 0.29) is 12.4 Å². The van der Waals surface area contributed by atoms with Crippen LogP contribution in [0.5, 0.6) is 0 Å². The average Bonchev–Trinajstić information content (AvgIpc) is 2.85. The second-order valence-corrected chi connectivity index (χ2v) is 5.44. The van der Waals surface area contributed by atoms with Crippen molar-refractivity contribution in [1.29, 1.82) is 0 Å². The lowest BCUT2D eigenvalue weighted by atomic mass is 10.0. The zero-order chi connectivity index (χ0) is 14.0. The Morgan fingerprint density at radius 1 is 1.10 bits per heavy atom. The number of ether oxygens (including phenoxy) is 1. The zero-order valence-corrected chi connectivity index (χ0v) is 11.3. The Kier molecular flexibility index (Phi) is 3.45. The highest BCUT2D eigenvalue weighted by atomic mass is 16.7. The van der Waals surface area contributed by atoms with Gasteiger partial charge in [0.2, 0.25) is 5.79 Å². The first-order chi connectivity index (χ1) is 9.66. The zero-order valence-electron chi connectivity index (χ0n) is 11.3. The number of rotatable bonds is 3. The molecule has 2 aromatic rings. The van der Waals surface area contributed by atoms with Crippen LogP contribution < -0.4 is 0 Å². The van der Waals surface area contributed by atoms with Crippen LogP contribution in [0.3, 0.4) is 0 Å². The average molecular weight is 270 g/mol. The van der Waals surface area contributed by atoms with E-state index < -0.39 is 5.79 Å². The van der Waals surface area contributed by atoms with E-state index in [1.54, 1.807) is 0 Å². The Bertz CT molecular complexity index is 622. The Labute approximate surface area is 118 Å². The summed E-state index contributed by atoms with van der Waals surface area (Å²) in [5.74, 6) is -1.59. The Balaban J connectivity index is 1.77. The Morgan fingerprint density at radius 3 is 2.60 bits per heavy atom. The molecule has 3 rings (SSSR count). The molecule has 0 unspecified atom stereocenters. The molecule has 1 fully saturated rings. The second-order valence-electron chi connectivity index (χ2n) is 5.44. The molecular formula is C17H18O3. The first-order valence-corrected chi connectivity index (χ1v) is 7.07. The first kappa shape index (κ1) is 13.1. The highest BCUT2D eigenvalue weighted by Gasteiger charge is 2.35. The van der Waals surface area contributed by atoms with Gasteiger partial charge >= 0.3 is 5.97 Å². The lowest BCUT2D eigenvalue weighted by Gasteiger charge is -2.22. The predicted molar refractivity (Wildman–Crippen MR) is 77.2 cm³/mol. The maximum absolute atomic E-state index is 12.0. The van der Waals surface area contributed by atoms with Gasteiger partial charge < -0.3 is 9.84 Å². The maximum atomic E-state index is 12.0. The molecule has 0 saturated heterocycles. The molecule has 1 aliphatic carbocycles. The van der Waals surface area contributed by atoms with Crippen molar-refractivity contribution in [1.82, 2.24) is 0 Å². The number of benzene rings is 2. The van der Waals surface area contributed by atoms with Crippen LogP contribution in [-0.4, -0.2) is 16.9 Å². The van der Waals surface area contributed by atoms with Crippen molar-refractivity contribution >= 4 is 16.7 Å². The van der Waals surface area contributed by atoms with Gasteiger partial charge in [-0.05, 0) is 29.2 Å². The number of hydrogen-bond donors (Lipinski definition) is 1. The van der Waals surface area contributed by atoms with E-state index in [1.807, 2.05) is 42.5 Å². The van der Waals surface area contributed by atoms with Crippen molar-refractivity contribution in [2.75, 3.05) is 0 Å². The van der Waals surface area contributed by atoms with Crippen molar-refractivity contribution < 1.29 is 14.6 Å². The standard InChI is InChI=1S/C17H18O3/c18-16(20-17(19)10-3-4-11-17)12-14-8-5-7-13-6-1-2-9-15(13)14/h1-2,5-9,19H,3-4,10-12H2. The highest BCUT2D eigenvalue weighted by molar-refractivity contribution is 5.89. The maximum Gasteiger partial charge on any atom is 0.312 e. The van der Waals surface area contributed by atoms with Crippen LogP contribution in [0.25, 0.3) is 10.8 Å². The number of aliphatic hydroxyl groups is 1. The number of hydrogen-bond acceptors (Lipinski definition) is 3. The Morgan fingerprint density at radius 2 is 1.80 bits per heavy atom. The smallest absolute Gasteiger partial charge is 0.312 e. The molecule has 0 atom stereocenters. The van der Waals surface area contributed by atoms with E-state index in [9.17, 15) is 9.90 Å². The van der Waals surface area contributed by atoms with Gasteiger partial charge in [-0.3, -0.25) is 4.79 Å². The summed E-state index contributed by atoms with van der Waals surface area (Å²) in [5, 5.41) is 12.3. The molecule has 0 aromatic heterocycles. The van der Waals surface area contributed by atoms with E-state index in [0.717, 1.165) is 29.2 Å². The molecule has 0 radical (unpaired) electrons. The summed E-state index contributed by atoms with van der Waals surface area (Å²) in [6, 6.07) is 13.9. The largest absolute Gasteiger partial charge is 0.433 e. The first-order valence-electron chi connectivity index (χ1n) is 7.07. The van der Waals surface area contributed by atoms with Crippen LogP contribution in [0.1, 0.15) is 31.2 Å². The van der Waals surface area contributed by atoms with Crippen LogP contribution >= 0.6 is 0 Å². The van der Waals surface area contributed by atoms with E-state index in [1.165, 1.54) is 0 Å². The minimum atomic E-state index is -1.23. The molecule has 2 aromatic carbocycles. The van der Waals surface area contributed by atoms with Crippen LogP contribution in [0.15, 0.2) is 42.5 Å². The lowest BCUT2D eigenvalue weighted by molar-refractivity contribution is -0.205. The monoisotopic (exact) mass is 270 g/mol. The molecular weight excluding hydrogens is 252 g/mol. The van der Waals surface area contributed by atoms with E-state index in [2.05, 4.69) is 0 Å². The summed E-state index contributed by atoms with van der Waals surface area (Å²) in [7, 11) is 0. The molecule has 104 valence electrons. The Hall–Kier alpha value is -1.87. The van der Waals surface area contributed by atoms with Crippen molar-refractivity contribution in [3.63, 3.8) is 0 Å². The minimum absolute atomic E-state index is 0.198. The normalized spacial score (nSPS) is 17.2. The van der Waals surface area contributed by atoms with Crippen molar-refractivity contribution in [3.8, 4) is 0 Å². The molecule has 20 heavy (non-hydrogen) atoms. The summed E-state index contributed by atoms with van der Waals surface area (Å²) in [4.78, 5) is 12.0. The molecule has 1 saturated carbocycles. The molecule has 0 bridgehead atoms. The van der Waals surface area contributed by atoms with Gasteiger partial charge in [-0.2, -0.15) is 0 Å².